The number of rotatable bonds is 5. The fraction of sp³-hybridized carbons (Fsp3) is 0.909. The van der Waals surface area contributed by atoms with Crippen molar-refractivity contribution in [2.45, 2.75) is 38.6 Å². The molecule has 1 fully saturated rings. The second kappa shape index (κ2) is 7.12. The highest BCUT2D eigenvalue weighted by molar-refractivity contribution is 7.99. The van der Waals surface area contributed by atoms with E-state index in [-0.39, 0.29) is 5.91 Å². The largest absolute Gasteiger partial charge is 0.353 e. The first-order valence-corrected chi connectivity index (χ1v) is 6.99. The van der Waals surface area contributed by atoms with Crippen molar-refractivity contribution in [2.75, 3.05) is 18.1 Å². The molecule has 2 atom stereocenters. The summed E-state index contributed by atoms with van der Waals surface area (Å²) in [5, 5.41) is 3.10. The molecule has 0 aromatic carbocycles. The van der Waals surface area contributed by atoms with E-state index < -0.39 is 0 Å². The van der Waals surface area contributed by atoms with E-state index in [9.17, 15) is 4.79 Å². The van der Waals surface area contributed by atoms with Crippen LogP contribution in [0.2, 0.25) is 0 Å². The van der Waals surface area contributed by atoms with E-state index in [0.717, 1.165) is 18.6 Å². The normalized spacial score (nSPS) is 23.5. The third-order valence-corrected chi connectivity index (χ3v) is 4.13. The van der Waals surface area contributed by atoms with Crippen molar-refractivity contribution >= 4 is 17.7 Å². The zero-order chi connectivity index (χ0) is 11.1. The Bertz CT molecular complexity index is 189. The summed E-state index contributed by atoms with van der Waals surface area (Å²) in [5.41, 5.74) is 5.58. The molecule has 2 unspecified atom stereocenters. The Kier molecular flexibility index (Phi) is 6.10. The van der Waals surface area contributed by atoms with Gasteiger partial charge < -0.3 is 11.1 Å². The standard InChI is InChI=1S/C11H22N2OS/c1-2-9(7-12)6-11(14)13-10-4-3-5-15-8-10/h9-10H,2-8,12H2,1H3,(H,13,14). The molecular formula is C11H22N2OS. The monoisotopic (exact) mass is 230 g/mol. The molecule has 1 amide bonds. The molecule has 1 aliphatic heterocycles. The van der Waals surface area contributed by atoms with Gasteiger partial charge in [-0.3, -0.25) is 4.79 Å². The van der Waals surface area contributed by atoms with Crippen LogP contribution in [-0.4, -0.2) is 30.0 Å². The lowest BCUT2D eigenvalue weighted by molar-refractivity contribution is -0.122. The van der Waals surface area contributed by atoms with Crippen LogP contribution in [0.15, 0.2) is 0 Å². The predicted octanol–water partition coefficient (Wildman–Crippen LogP) is 1.37. The molecular weight excluding hydrogens is 208 g/mol. The van der Waals surface area contributed by atoms with Crippen molar-refractivity contribution in [2.24, 2.45) is 11.7 Å². The lowest BCUT2D eigenvalue weighted by Gasteiger charge is -2.23. The summed E-state index contributed by atoms with van der Waals surface area (Å²) < 4.78 is 0. The quantitative estimate of drug-likeness (QED) is 0.750. The second-order valence-corrected chi connectivity index (χ2v) is 5.35. The minimum atomic E-state index is 0.180. The molecule has 4 heteroatoms. The third-order valence-electron chi connectivity index (χ3n) is 2.91. The summed E-state index contributed by atoms with van der Waals surface area (Å²) in [5.74, 6) is 2.85. The Morgan fingerprint density at radius 3 is 3.00 bits per heavy atom. The molecule has 3 nitrogen and oxygen atoms in total. The Labute approximate surface area is 96.6 Å². The Morgan fingerprint density at radius 2 is 2.47 bits per heavy atom. The van der Waals surface area contributed by atoms with Gasteiger partial charge in [0.05, 0.1) is 0 Å². The van der Waals surface area contributed by atoms with E-state index in [1.807, 2.05) is 11.8 Å². The number of thioether (sulfide) groups is 1. The Morgan fingerprint density at radius 1 is 1.67 bits per heavy atom. The van der Waals surface area contributed by atoms with E-state index in [2.05, 4.69) is 12.2 Å². The van der Waals surface area contributed by atoms with Gasteiger partial charge in [-0.05, 0) is 31.1 Å². The first kappa shape index (κ1) is 12.8. The van der Waals surface area contributed by atoms with Crippen molar-refractivity contribution in [1.29, 1.82) is 0 Å². The highest BCUT2D eigenvalue weighted by atomic mass is 32.2. The Hall–Kier alpha value is -0.220. The van der Waals surface area contributed by atoms with Crippen molar-refractivity contribution in [3.05, 3.63) is 0 Å². The number of carbonyl (C=O) groups is 1. The van der Waals surface area contributed by atoms with Crippen LogP contribution in [0.4, 0.5) is 0 Å². The van der Waals surface area contributed by atoms with E-state index in [4.69, 9.17) is 5.73 Å². The summed E-state index contributed by atoms with van der Waals surface area (Å²) >= 11 is 1.94. The highest BCUT2D eigenvalue weighted by Gasteiger charge is 2.17. The summed E-state index contributed by atoms with van der Waals surface area (Å²) in [7, 11) is 0. The van der Waals surface area contributed by atoms with E-state index in [1.165, 1.54) is 12.2 Å². The molecule has 1 aliphatic rings. The summed E-state index contributed by atoms with van der Waals surface area (Å²) in [6, 6.07) is 0.395. The fourth-order valence-corrected chi connectivity index (χ4v) is 2.87. The molecule has 3 N–H and O–H groups in total. The first-order valence-electron chi connectivity index (χ1n) is 5.83. The highest BCUT2D eigenvalue weighted by Crippen LogP contribution is 2.17. The van der Waals surface area contributed by atoms with Crippen LogP contribution < -0.4 is 11.1 Å². The first-order chi connectivity index (χ1) is 7.26. The minimum Gasteiger partial charge on any atom is -0.353 e. The molecule has 0 aromatic rings. The third kappa shape index (κ3) is 4.89. The smallest absolute Gasteiger partial charge is 0.220 e. The topological polar surface area (TPSA) is 55.1 Å². The molecule has 15 heavy (non-hydrogen) atoms. The second-order valence-electron chi connectivity index (χ2n) is 4.20. The van der Waals surface area contributed by atoms with Gasteiger partial charge in [-0.2, -0.15) is 11.8 Å². The van der Waals surface area contributed by atoms with Gasteiger partial charge in [0.15, 0.2) is 0 Å². The molecule has 0 bridgehead atoms. The fourth-order valence-electron chi connectivity index (χ4n) is 1.80. The SMILES string of the molecule is CCC(CN)CC(=O)NC1CCCSC1. The molecule has 0 radical (unpaired) electrons. The van der Waals surface area contributed by atoms with Crippen molar-refractivity contribution < 1.29 is 4.79 Å². The van der Waals surface area contributed by atoms with Gasteiger partial charge in [-0.15, -0.1) is 0 Å². The molecule has 0 aliphatic carbocycles. The molecule has 1 saturated heterocycles. The van der Waals surface area contributed by atoms with Crippen molar-refractivity contribution in [3.8, 4) is 0 Å². The van der Waals surface area contributed by atoms with Crippen LogP contribution in [0.1, 0.15) is 32.6 Å². The van der Waals surface area contributed by atoms with Crippen molar-refractivity contribution in [1.82, 2.24) is 5.32 Å². The van der Waals surface area contributed by atoms with Gasteiger partial charge >= 0.3 is 0 Å². The number of hydrogen-bond acceptors (Lipinski definition) is 3. The maximum Gasteiger partial charge on any atom is 0.220 e. The number of amides is 1. The lowest BCUT2D eigenvalue weighted by atomic mass is 10.0. The maximum absolute atomic E-state index is 11.7. The average molecular weight is 230 g/mol. The molecule has 1 heterocycles. The van der Waals surface area contributed by atoms with Crippen LogP contribution in [0.25, 0.3) is 0 Å². The van der Waals surface area contributed by atoms with Crippen LogP contribution >= 0.6 is 11.8 Å². The number of carbonyl (C=O) groups excluding carboxylic acids is 1. The summed E-state index contributed by atoms with van der Waals surface area (Å²) in [4.78, 5) is 11.7. The Balaban J connectivity index is 2.21. The summed E-state index contributed by atoms with van der Waals surface area (Å²) in [6.07, 6.45) is 3.94. The number of nitrogens with two attached hydrogens (primary N) is 1. The van der Waals surface area contributed by atoms with Gasteiger partial charge in [0.25, 0.3) is 0 Å². The van der Waals surface area contributed by atoms with E-state index >= 15 is 0 Å². The van der Waals surface area contributed by atoms with Gasteiger partial charge in [0.1, 0.15) is 0 Å². The molecule has 1 rings (SSSR count). The van der Waals surface area contributed by atoms with Crippen molar-refractivity contribution in [3.63, 3.8) is 0 Å². The van der Waals surface area contributed by atoms with Gasteiger partial charge in [0, 0.05) is 18.2 Å². The zero-order valence-corrected chi connectivity index (χ0v) is 10.3. The van der Waals surface area contributed by atoms with Gasteiger partial charge in [-0.1, -0.05) is 13.3 Å². The number of nitrogens with one attached hydrogen (secondary N) is 1. The zero-order valence-electron chi connectivity index (χ0n) is 9.50. The van der Waals surface area contributed by atoms with Crippen LogP contribution in [0, 0.1) is 5.92 Å². The van der Waals surface area contributed by atoms with Gasteiger partial charge in [-0.25, -0.2) is 0 Å². The summed E-state index contributed by atoms with van der Waals surface area (Å²) in [6.45, 7) is 2.70. The predicted molar refractivity (Wildman–Crippen MR) is 65.9 cm³/mol. The molecule has 0 saturated carbocycles. The molecule has 0 spiro atoms. The number of hydrogen-bond donors (Lipinski definition) is 2. The molecule has 88 valence electrons. The lowest BCUT2D eigenvalue weighted by Crippen LogP contribution is -2.39. The van der Waals surface area contributed by atoms with E-state index in [0.29, 0.717) is 24.9 Å². The van der Waals surface area contributed by atoms with Gasteiger partial charge in [0.2, 0.25) is 5.91 Å². The van der Waals surface area contributed by atoms with E-state index in [1.54, 1.807) is 0 Å². The van der Waals surface area contributed by atoms with Crippen LogP contribution in [-0.2, 0) is 4.79 Å². The minimum absolute atomic E-state index is 0.180. The van der Waals surface area contributed by atoms with Crippen LogP contribution in [0.5, 0.6) is 0 Å². The average Bonchev–Trinajstić information content (AvgIpc) is 2.27. The van der Waals surface area contributed by atoms with Crippen LogP contribution in [0.3, 0.4) is 0 Å². The maximum atomic E-state index is 11.7. The molecule has 0 aromatic heterocycles.